The monoisotopic (exact) mass is 400 g/mol. The van der Waals surface area contributed by atoms with Crippen molar-refractivity contribution in [2.45, 2.75) is 4.90 Å². The maximum Gasteiger partial charge on any atom is 0.251 e. The number of nitrogens with one attached hydrogen (secondary N) is 3. The standard InChI is InChI=1S/C20H24N4O3S/c1-21-20(27)14-8-10-15(11-9-14)22-18(25)12-24(2)13-19(26)23-16-6-4-5-7-17(16)28-3/h4-11H,12-13H2,1-3H3,(H,21,27)(H,22,25)(H,23,26). The number of benzene rings is 2. The summed E-state index contributed by atoms with van der Waals surface area (Å²) in [4.78, 5) is 38.5. The highest BCUT2D eigenvalue weighted by atomic mass is 32.2. The summed E-state index contributed by atoms with van der Waals surface area (Å²) in [6.45, 7) is 0.153. The molecule has 2 rings (SSSR count). The number of hydrogen-bond acceptors (Lipinski definition) is 5. The molecule has 0 heterocycles. The lowest BCUT2D eigenvalue weighted by Gasteiger charge is -2.17. The van der Waals surface area contributed by atoms with Crippen molar-refractivity contribution in [3.63, 3.8) is 0 Å². The molecule has 0 bridgehead atoms. The highest BCUT2D eigenvalue weighted by molar-refractivity contribution is 7.98. The molecule has 8 heteroatoms. The second-order valence-electron chi connectivity index (χ2n) is 6.13. The number of likely N-dealkylation sites (N-methyl/N-ethyl adjacent to an activating group) is 1. The third-order valence-electron chi connectivity index (χ3n) is 3.87. The Kier molecular flexibility index (Phi) is 8.03. The van der Waals surface area contributed by atoms with E-state index in [0.29, 0.717) is 11.3 Å². The SMILES string of the molecule is CNC(=O)c1ccc(NC(=O)CN(C)CC(=O)Nc2ccccc2SC)cc1. The summed E-state index contributed by atoms with van der Waals surface area (Å²) in [5, 5.41) is 8.16. The van der Waals surface area contributed by atoms with Crippen LogP contribution < -0.4 is 16.0 Å². The Hall–Kier alpha value is -2.84. The van der Waals surface area contributed by atoms with E-state index >= 15 is 0 Å². The molecule has 28 heavy (non-hydrogen) atoms. The van der Waals surface area contributed by atoms with E-state index in [4.69, 9.17) is 0 Å². The van der Waals surface area contributed by atoms with Gasteiger partial charge in [0.1, 0.15) is 0 Å². The summed E-state index contributed by atoms with van der Waals surface area (Å²) < 4.78 is 0. The third-order valence-corrected chi connectivity index (χ3v) is 4.66. The van der Waals surface area contributed by atoms with E-state index in [-0.39, 0.29) is 30.8 Å². The number of amides is 3. The van der Waals surface area contributed by atoms with Crippen molar-refractivity contribution < 1.29 is 14.4 Å². The lowest BCUT2D eigenvalue weighted by atomic mass is 10.2. The van der Waals surface area contributed by atoms with Gasteiger partial charge in [0.2, 0.25) is 11.8 Å². The number of anilines is 2. The Labute approximate surface area is 168 Å². The number of rotatable bonds is 8. The first kappa shape index (κ1) is 21.5. The fraction of sp³-hybridized carbons (Fsp3) is 0.250. The van der Waals surface area contributed by atoms with Crippen LogP contribution in [0.15, 0.2) is 53.4 Å². The molecule has 0 radical (unpaired) electrons. The Balaban J connectivity index is 1.83. The van der Waals surface area contributed by atoms with Crippen LogP contribution in [0, 0.1) is 0 Å². The van der Waals surface area contributed by atoms with Crippen LogP contribution in [0.1, 0.15) is 10.4 Å². The zero-order chi connectivity index (χ0) is 20.5. The van der Waals surface area contributed by atoms with Crippen molar-refractivity contribution in [2.24, 2.45) is 0 Å². The number of thioether (sulfide) groups is 1. The predicted octanol–water partition coefficient (Wildman–Crippen LogP) is 2.28. The Morgan fingerprint density at radius 2 is 1.54 bits per heavy atom. The van der Waals surface area contributed by atoms with Gasteiger partial charge < -0.3 is 16.0 Å². The molecule has 7 nitrogen and oxygen atoms in total. The number of nitrogens with zero attached hydrogens (tertiary/aromatic N) is 1. The van der Waals surface area contributed by atoms with Gasteiger partial charge in [0.25, 0.3) is 5.91 Å². The molecule has 0 aliphatic heterocycles. The molecule has 3 amide bonds. The molecule has 0 aliphatic rings. The predicted molar refractivity (Wildman–Crippen MR) is 113 cm³/mol. The molecule has 0 atom stereocenters. The van der Waals surface area contributed by atoms with E-state index in [0.717, 1.165) is 10.6 Å². The summed E-state index contributed by atoms with van der Waals surface area (Å²) >= 11 is 1.55. The van der Waals surface area contributed by atoms with Crippen molar-refractivity contribution in [1.29, 1.82) is 0 Å². The van der Waals surface area contributed by atoms with E-state index in [1.165, 1.54) is 0 Å². The highest BCUT2D eigenvalue weighted by Crippen LogP contribution is 2.24. The molecule has 2 aromatic carbocycles. The first-order valence-electron chi connectivity index (χ1n) is 8.66. The smallest absolute Gasteiger partial charge is 0.251 e. The van der Waals surface area contributed by atoms with Crippen LogP contribution in [-0.2, 0) is 9.59 Å². The fourth-order valence-corrected chi connectivity index (χ4v) is 3.09. The van der Waals surface area contributed by atoms with E-state index in [2.05, 4.69) is 16.0 Å². The number of carbonyl (C=O) groups excluding carboxylic acids is 3. The van der Waals surface area contributed by atoms with Crippen LogP contribution >= 0.6 is 11.8 Å². The van der Waals surface area contributed by atoms with Gasteiger partial charge >= 0.3 is 0 Å². The molecule has 0 saturated heterocycles. The van der Waals surface area contributed by atoms with Crippen molar-refractivity contribution in [1.82, 2.24) is 10.2 Å². The first-order valence-corrected chi connectivity index (χ1v) is 9.88. The zero-order valence-corrected chi connectivity index (χ0v) is 16.9. The molecule has 2 aromatic rings. The van der Waals surface area contributed by atoms with E-state index in [9.17, 15) is 14.4 Å². The van der Waals surface area contributed by atoms with Crippen molar-refractivity contribution in [3.8, 4) is 0 Å². The molecule has 0 fully saturated rings. The summed E-state index contributed by atoms with van der Waals surface area (Å²) in [5.74, 6) is -0.620. The fourth-order valence-electron chi connectivity index (χ4n) is 2.53. The lowest BCUT2D eigenvalue weighted by molar-refractivity contribution is -0.119. The minimum absolute atomic E-state index is 0.0643. The maximum absolute atomic E-state index is 12.2. The topological polar surface area (TPSA) is 90.5 Å². The minimum Gasteiger partial charge on any atom is -0.355 e. The normalized spacial score (nSPS) is 10.4. The summed E-state index contributed by atoms with van der Waals surface area (Å²) in [6, 6.07) is 14.2. The van der Waals surface area contributed by atoms with Gasteiger partial charge in [-0.05, 0) is 49.7 Å². The van der Waals surface area contributed by atoms with Crippen molar-refractivity contribution >= 4 is 40.9 Å². The van der Waals surface area contributed by atoms with Gasteiger partial charge in [-0.3, -0.25) is 19.3 Å². The van der Waals surface area contributed by atoms with Gasteiger partial charge in [-0.1, -0.05) is 12.1 Å². The molecule has 0 unspecified atom stereocenters. The first-order chi connectivity index (χ1) is 13.4. The van der Waals surface area contributed by atoms with Gasteiger partial charge in [0, 0.05) is 23.2 Å². The maximum atomic E-state index is 12.2. The molecular weight excluding hydrogens is 376 g/mol. The number of carbonyl (C=O) groups is 3. The summed E-state index contributed by atoms with van der Waals surface area (Å²) in [6.07, 6.45) is 1.95. The summed E-state index contributed by atoms with van der Waals surface area (Å²) in [7, 11) is 3.26. The van der Waals surface area contributed by atoms with Crippen LogP contribution in [0.5, 0.6) is 0 Å². The van der Waals surface area contributed by atoms with Crippen LogP contribution in [0.3, 0.4) is 0 Å². The highest BCUT2D eigenvalue weighted by Gasteiger charge is 2.12. The Morgan fingerprint density at radius 3 is 2.14 bits per heavy atom. The molecule has 0 spiro atoms. The Morgan fingerprint density at radius 1 is 0.929 bits per heavy atom. The van der Waals surface area contributed by atoms with Crippen LogP contribution in [0.4, 0.5) is 11.4 Å². The van der Waals surface area contributed by atoms with Gasteiger partial charge in [0.05, 0.1) is 18.8 Å². The van der Waals surface area contributed by atoms with Gasteiger partial charge in [-0.2, -0.15) is 0 Å². The molecule has 0 aliphatic carbocycles. The van der Waals surface area contributed by atoms with Crippen LogP contribution in [-0.4, -0.2) is 56.1 Å². The molecule has 148 valence electrons. The lowest BCUT2D eigenvalue weighted by Crippen LogP contribution is -2.36. The molecule has 3 N–H and O–H groups in total. The van der Waals surface area contributed by atoms with Crippen molar-refractivity contribution in [3.05, 3.63) is 54.1 Å². The second-order valence-corrected chi connectivity index (χ2v) is 6.97. The average molecular weight is 401 g/mol. The third kappa shape index (κ3) is 6.40. The molecule has 0 aromatic heterocycles. The van der Waals surface area contributed by atoms with Crippen LogP contribution in [0.2, 0.25) is 0 Å². The number of para-hydroxylation sites is 1. The van der Waals surface area contributed by atoms with E-state index < -0.39 is 0 Å². The Bertz CT molecular complexity index is 840. The quantitative estimate of drug-likeness (QED) is 0.592. The largest absolute Gasteiger partial charge is 0.355 e. The van der Waals surface area contributed by atoms with E-state index in [1.807, 2.05) is 30.5 Å². The van der Waals surface area contributed by atoms with Crippen LogP contribution in [0.25, 0.3) is 0 Å². The zero-order valence-electron chi connectivity index (χ0n) is 16.1. The van der Waals surface area contributed by atoms with Gasteiger partial charge in [-0.25, -0.2) is 0 Å². The van der Waals surface area contributed by atoms with Gasteiger partial charge in [-0.15, -0.1) is 11.8 Å². The molecule has 0 saturated carbocycles. The van der Waals surface area contributed by atoms with Gasteiger partial charge in [0.15, 0.2) is 0 Å². The second kappa shape index (κ2) is 10.5. The average Bonchev–Trinajstić information content (AvgIpc) is 2.68. The minimum atomic E-state index is -0.243. The van der Waals surface area contributed by atoms with Crippen molar-refractivity contribution in [2.75, 3.05) is 44.1 Å². The summed E-state index contributed by atoms with van der Waals surface area (Å²) in [5.41, 5.74) is 1.86. The number of hydrogen-bond donors (Lipinski definition) is 3. The van der Waals surface area contributed by atoms with E-state index in [1.54, 1.807) is 55.0 Å². The molecular formula is C20H24N4O3S.